The van der Waals surface area contributed by atoms with E-state index in [1.54, 1.807) is 0 Å². The summed E-state index contributed by atoms with van der Waals surface area (Å²) in [6.45, 7) is 8.92. The molecule has 0 N–H and O–H groups in total. The van der Waals surface area contributed by atoms with E-state index in [1.807, 2.05) is 0 Å². The molecule has 0 rings (SSSR count). The maximum Gasteiger partial charge on any atom is 2.00 e. The number of carbonyl (C=O) groups excluding carboxylic acids is 4. The Morgan fingerprint density at radius 1 is 0.241 bits per heavy atom. The minimum atomic E-state index is -0.922. The number of esters is 2. The van der Waals surface area contributed by atoms with Crippen molar-refractivity contribution in [2.45, 2.75) is 425 Å². The molecule has 0 amide bonds. The monoisotopic (exact) mass is 1170 g/mol. The largest absolute Gasteiger partial charge is 2.00 e. The number of carbonyl (C=O) groups is 4. The third kappa shape index (κ3) is 72.6. The molecule has 0 fully saturated rings. The maximum absolute atomic E-state index is 12.3. The Bertz CT molecular complexity index is 1140. The first-order valence-electron chi connectivity index (χ1n) is 35.0. The molecule has 0 saturated carbocycles. The summed E-state index contributed by atoms with van der Waals surface area (Å²) in [5.74, 6) is -1.80. The predicted octanol–water partition coefficient (Wildman–Crippen LogP) is 20.8. The topological polar surface area (TPSA) is 133 Å². The van der Waals surface area contributed by atoms with E-state index in [0.717, 1.165) is 116 Å². The van der Waals surface area contributed by atoms with Gasteiger partial charge in [-0.05, 0) is 77.0 Å². The normalized spacial score (nSPS) is 11.9. The van der Waals surface area contributed by atoms with Crippen molar-refractivity contribution in [1.82, 2.24) is 0 Å². The Morgan fingerprint density at radius 2 is 0.418 bits per heavy atom. The Kier molecular flexibility index (Phi) is 73.2. The number of rotatable bonds is 64. The molecule has 2 unspecified atom stereocenters. The number of aliphatic carboxylic acids is 2. The van der Waals surface area contributed by atoms with Crippen LogP contribution in [0.5, 0.6) is 0 Å². The molecule has 0 spiro atoms. The molecule has 0 aliphatic rings. The molecule has 0 aliphatic carbocycles. The van der Waals surface area contributed by atoms with E-state index < -0.39 is 11.9 Å². The van der Waals surface area contributed by atoms with Crippen LogP contribution in [-0.2, 0) is 48.1 Å². The third-order valence-corrected chi connectivity index (χ3v) is 16.1. The molecule has 0 radical (unpaired) electrons. The SMILES string of the molecule is CCCCCCCCCCCCCCCCC(=O)OC(CCC)CCCCCCCCCCCCCC(=O)[O-].CCCCCCCCCCCCCCCCC(=O)OC(CCC)CCCCCCCCCCCCCC(=O)[O-].[Zn+2]. The molecule has 0 saturated heterocycles. The molecule has 0 aromatic heterocycles. The fourth-order valence-corrected chi connectivity index (χ4v) is 11.1. The summed E-state index contributed by atoms with van der Waals surface area (Å²) in [6.07, 6.45) is 71.3. The van der Waals surface area contributed by atoms with Gasteiger partial charge in [0.15, 0.2) is 0 Å². The Hall–Kier alpha value is -1.50. The van der Waals surface area contributed by atoms with E-state index in [9.17, 15) is 29.4 Å². The van der Waals surface area contributed by atoms with Crippen LogP contribution >= 0.6 is 0 Å². The van der Waals surface area contributed by atoms with Crippen molar-refractivity contribution in [3.05, 3.63) is 0 Å². The minimum Gasteiger partial charge on any atom is -0.550 e. The first-order chi connectivity index (χ1) is 38.2. The van der Waals surface area contributed by atoms with E-state index in [1.165, 1.54) is 244 Å². The van der Waals surface area contributed by atoms with Crippen molar-refractivity contribution >= 4 is 23.9 Å². The standard InChI is InChI=1S/2C35H68O4.Zn/c2*1-3-5-6-7-8-9-10-11-12-16-19-22-25-28-32-35(38)39-33(29-4-2)30-26-23-20-17-14-13-15-18-21-24-27-31-34(36)37;/h2*33H,3-32H2,1-2H3,(H,36,37);/q;;+2/p-2. The van der Waals surface area contributed by atoms with Crippen molar-refractivity contribution in [2.75, 3.05) is 0 Å². The van der Waals surface area contributed by atoms with E-state index in [0.29, 0.717) is 12.8 Å². The summed E-state index contributed by atoms with van der Waals surface area (Å²) in [4.78, 5) is 45.5. The van der Waals surface area contributed by atoms with Crippen molar-refractivity contribution in [2.24, 2.45) is 0 Å². The van der Waals surface area contributed by atoms with Gasteiger partial charge in [0.05, 0.1) is 0 Å². The predicted molar refractivity (Wildman–Crippen MR) is 329 cm³/mol. The van der Waals surface area contributed by atoms with Gasteiger partial charge in [0.1, 0.15) is 12.2 Å². The third-order valence-electron chi connectivity index (χ3n) is 16.1. The van der Waals surface area contributed by atoms with Gasteiger partial charge in [0.25, 0.3) is 0 Å². The van der Waals surface area contributed by atoms with Gasteiger partial charge in [-0.25, -0.2) is 0 Å². The number of carboxylic acids is 2. The van der Waals surface area contributed by atoms with Crippen LogP contribution in [-0.4, -0.2) is 36.1 Å². The second-order valence-corrected chi connectivity index (χ2v) is 24.1. The van der Waals surface area contributed by atoms with Gasteiger partial charge in [0, 0.05) is 24.8 Å². The quantitative estimate of drug-likeness (QED) is 0.0334. The molecule has 0 bridgehead atoms. The van der Waals surface area contributed by atoms with Gasteiger partial charge in [-0.1, -0.05) is 323 Å². The number of carboxylic acid groups (broad SMARTS) is 2. The van der Waals surface area contributed by atoms with Crippen LogP contribution in [0.15, 0.2) is 0 Å². The van der Waals surface area contributed by atoms with Crippen molar-refractivity contribution < 1.29 is 58.3 Å². The Labute approximate surface area is 504 Å². The van der Waals surface area contributed by atoms with Crippen LogP contribution < -0.4 is 10.2 Å². The average molecular weight is 1170 g/mol. The second kappa shape index (κ2) is 70.8. The number of hydrogen-bond acceptors (Lipinski definition) is 8. The summed E-state index contributed by atoms with van der Waals surface area (Å²) in [5.41, 5.74) is 0. The first-order valence-corrected chi connectivity index (χ1v) is 35.0. The molecule has 0 aromatic rings. The van der Waals surface area contributed by atoms with Crippen LogP contribution in [0, 0.1) is 0 Å². The zero-order valence-corrected chi connectivity index (χ0v) is 56.5. The summed E-state index contributed by atoms with van der Waals surface area (Å²) >= 11 is 0. The van der Waals surface area contributed by atoms with Crippen molar-refractivity contribution in [3.8, 4) is 0 Å². The van der Waals surface area contributed by atoms with E-state index in [-0.39, 0.29) is 56.5 Å². The molecule has 8 nitrogen and oxygen atoms in total. The fourth-order valence-electron chi connectivity index (χ4n) is 11.1. The number of hydrogen-bond donors (Lipinski definition) is 0. The van der Waals surface area contributed by atoms with Gasteiger partial charge in [-0.3, -0.25) is 9.59 Å². The van der Waals surface area contributed by atoms with Crippen LogP contribution in [0.3, 0.4) is 0 Å². The van der Waals surface area contributed by atoms with Crippen LogP contribution in [0.25, 0.3) is 0 Å². The number of ether oxygens (including phenoxy) is 2. The van der Waals surface area contributed by atoms with Crippen LogP contribution in [0.2, 0.25) is 0 Å². The molecule has 2 atom stereocenters. The van der Waals surface area contributed by atoms with Crippen LogP contribution in [0.1, 0.15) is 413 Å². The minimum absolute atomic E-state index is 0. The van der Waals surface area contributed by atoms with E-state index >= 15 is 0 Å². The first kappa shape index (κ1) is 81.7. The maximum atomic E-state index is 12.3. The Balaban J connectivity index is -0.00000144. The second-order valence-electron chi connectivity index (χ2n) is 24.1. The van der Waals surface area contributed by atoms with Crippen LogP contribution in [0.4, 0.5) is 0 Å². The zero-order chi connectivity index (χ0) is 57.3. The molecular formula is C70H134O8Zn. The van der Waals surface area contributed by atoms with Gasteiger partial charge >= 0.3 is 31.4 Å². The summed E-state index contributed by atoms with van der Waals surface area (Å²) in [5, 5.41) is 20.8. The van der Waals surface area contributed by atoms with Gasteiger partial charge in [0.2, 0.25) is 0 Å². The molecule has 0 heterocycles. The smallest absolute Gasteiger partial charge is 0.550 e. The molecular weight excluding hydrogens is 1030 g/mol. The van der Waals surface area contributed by atoms with Gasteiger partial charge in [-0.15, -0.1) is 0 Å². The summed E-state index contributed by atoms with van der Waals surface area (Å²) in [7, 11) is 0. The van der Waals surface area contributed by atoms with Crippen molar-refractivity contribution in [3.63, 3.8) is 0 Å². The Morgan fingerprint density at radius 3 is 0.608 bits per heavy atom. The average Bonchev–Trinajstić information content (AvgIpc) is 3.41. The molecule has 0 aromatic carbocycles. The molecule has 9 heteroatoms. The van der Waals surface area contributed by atoms with E-state index in [2.05, 4.69) is 27.7 Å². The van der Waals surface area contributed by atoms with Crippen molar-refractivity contribution in [1.29, 1.82) is 0 Å². The van der Waals surface area contributed by atoms with Gasteiger partial charge in [-0.2, -0.15) is 0 Å². The summed E-state index contributed by atoms with van der Waals surface area (Å²) in [6, 6.07) is 0. The molecule has 79 heavy (non-hydrogen) atoms. The fraction of sp³-hybridized carbons (Fsp3) is 0.943. The number of unbranched alkanes of at least 4 members (excludes halogenated alkanes) is 46. The summed E-state index contributed by atoms with van der Waals surface area (Å²) < 4.78 is 11.7. The van der Waals surface area contributed by atoms with Gasteiger partial charge < -0.3 is 29.3 Å². The zero-order valence-electron chi connectivity index (χ0n) is 53.6. The molecule has 464 valence electrons. The van der Waals surface area contributed by atoms with E-state index in [4.69, 9.17) is 9.47 Å². The molecule has 0 aliphatic heterocycles.